The van der Waals surface area contributed by atoms with Crippen LogP contribution in [-0.2, 0) is 39.8 Å². The Balaban J connectivity index is 0.00000216. The van der Waals surface area contributed by atoms with Crippen molar-refractivity contribution in [3.8, 4) is 17.2 Å². The third-order valence-electron chi connectivity index (χ3n) is 5.79. The number of aryl methyl sites for hydroxylation is 6. The van der Waals surface area contributed by atoms with Crippen LogP contribution in [0.25, 0.3) is 0 Å². The summed E-state index contributed by atoms with van der Waals surface area (Å²) in [5.74, 6) is 2.31. The molecular weight excluding hydrogens is 662 g/mol. The molecule has 2 aromatic carbocycles. The average Bonchev–Trinajstić information content (AvgIpc) is 2.83. The Morgan fingerprint density at radius 2 is 1.11 bits per heavy atom. The van der Waals surface area contributed by atoms with Crippen molar-refractivity contribution in [3.63, 3.8) is 0 Å². The zero-order chi connectivity index (χ0) is 23.0. The summed E-state index contributed by atoms with van der Waals surface area (Å²) in [7, 11) is 5.79. The lowest BCUT2D eigenvalue weighted by Crippen LogP contribution is -3.00. The van der Waals surface area contributed by atoms with Crippen LogP contribution < -0.4 is 66.6 Å². The highest BCUT2D eigenvalue weighted by atomic mass is 127. The summed E-state index contributed by atoms with van der Waals surface area (Å²) >= 11 is 0. The molecule has 0 spiro atoms. The number of nitrogens with zero attached hydrogens (tertiary/aromatic N) is 2. The molecular formula is C29H32I2N2O2. The Hall–Kier alpha value is -2.20. The molecule has 4 nitrogen and oxygen atoms in total. The van der Waals surface area contributed by atoms with E-state index in [-0.39, 0.29) is 48.0 Å². The molecule has 0 N–H and O–H groups in total. The summed E-state index contributed by atoms with van der Waals surface area (Å²) in [6.45, 7) is 0. The van der Waals surface area contributed by atoms with E-state index in [0.717, 1.165) is 42.9 Å². The number of halogens is 2. The van der Waals surface area contributed by atoms with Crippen molar-refractivity contribution >= 4 is 0 Å². The Bertz CT molecular complexity index is 1210. The lowest BCUT2D eigenvalue weighted by molar-refractivity contribution is -0.672. The normalized spacial score (nSPS) is 10.1. The van der Waals surface area contributed by atoms with Gasteiger partial charge >= 0.3 is 0 Å². The molecule has 0 fully saturated rings. The molecule has 0 amide bonds. The van der Waals surface area contributed by atoms with Gasteiger partial charge in [0.2, 0.25) is 0 Å². The molecule has 0 atom stereocenters. The third kappa shape index (κ3) is 8.75. The van der Waals surface area contributed by atoms with Crippen LogP contribution in [0.2, 0.25) is 0 Å². The number of hydrogen-bond acceptors (Lipinski definition) is 2. The second-order valence-electron chi connectivity index (χ2n) is 8.49. The van der Waals surface area contributed by atoms with Gasteiger partial charge in [0.05, 0.1) is 7.11 Å². The molecule has 4 aromatic rings. The molecule has 4 rings (SSSR count). The molecule has 35 heavy (non-hydrogen) atoms. The molecule has 0 unspecified atom stereocenters. The molecule has 6 heteroatoms. The van der Waals surface area contributed by atoms with Crippen LogP contribution in [0.5, 0.6) is 17.2 Å². The van der Waals surface area contributed by atoms with Crippen LogP contribution in [0, 0.1) is 0 Å². The van der Waals surface area contributed by atoms with Crippen molar-refractivity contribution in [3.05, 3.63) is 114 Å². The number of methoxy groups -OCH3 is 1. The highest BCUT2D eigenvalue weighted by Crippen LogP contribution is 2.33. The lowest BCUT2D eigenvalue weighted by Gasteiger charge is -2.13. The van der Waals surface area contributed by atoms with Gasteiger partial charge in [-0.1, -0.05) is 18.2 Å². The van der Waals surface area contributed by atoms with E-state index in [1.165, 1.54) is 22.3 Å². The topological polar surface area (TPSA) is 26.2 Å². The van der Waals surface area contributed by atoms with E-state index in [9.17, 15) is 0 Å². The van der Waals surface area contributed by atoms with Crippen molar-refractivity contribution in [2.75, 3.05) is 7.11 Å². The maximum absolute atomic E-state index is 6.21. The third-order valence-corrected chi connectivity index (χ3v) is 5.79. The summed E-state index contributed by atoms with van der Waals surface area (Å²) in [4.78, 5) is 0. The molecule has 2 aromatic heterocycles. The predicted molar refractivity (Wildman–Crippen MR) is 130 cm³/mol. The highest BCUT2D eigenvalue weighted by molar-refractivity contribution is 5.46. The minimum Gasteiger partial charge on any atom is -1.00 e. The summed E-state index contributed by atoms with van der Waals surface area (Å²) < 4.78 is 15.9. The molecule has 0 aliphatic heterocycles. The van der Waals surface area contributed by atoms with Crippen LogP contribution >= 0.6 is 0 Å². The molecule has 2 heterocycles. The van der Waals surface area contributed by atoms with E-state index >= 15 is 0 Å². The number of benzene rings is 2. The van der Waals surface area contributed by atoms with Crippen LogP contribution in [0.4, 0.5) is 0 Å². The van der Waals surface area contributed by atoms with Gasteiger partial charge in [0.15, 0.2) is 36.3 Å². The van der Waals surface area contributed by atoms with Crippen molar-refractivity contribution in [2.45, 2.75) is 25.7 Å². The number of aromatic nitrogens is 2. The number of rotatable bonds is 9. The van der Waals surface area contributed by atoms with Gasteiger partial charge in [0.25, 0.3) is 0 Å². The zero-order valence-corrected chi connectivity index (χ0v) is 24.8. The fourth-order valence-electron chi connectivity index (χ4n) is 3.98. The summed E-state index contributed by atoms with van der Waals surface area (Å²) in [5, 5.41) is 0. The molecule has 0 radical (unpaired) electrons. The SMILES string of the molecule is COc1ccc(CCc2ccc[n+](C)c2)cc1Oc1ccc(CCc2ccc[n+](C)c2)cc1.[I-].[I-]. The number of ether oxygens (including phenoxy) is 2. The van der Waals surface area contributed by atoms with Gasteiger partial charge in [-0.15, -0.1) is 0 Å². The van der Waals surface area contributed by atoms with E-state index in [1.807, 2.05) is 18.2 Å². The van der Waals surface area contributed by atoms with E-state index in [4.69, 9.17) is 9.47 Å². The van der Waals surface area contributed by atoms with E-state index < -0.39 is 0 Å². The van der Waals surface area contributed by atoms with Gasteiger partial charge in [-0.05, 0) is 73.2 Å². The Labute approximate surface area is 243 Å². The fraction of sp³-hybridized carbons (Fsp3) is 0.241. The molecule has 0 bridgehead atoms. The average molecular weight is 694 g/mol. The first-order chi connectivity index (χ1) is 16.1. The van der Waals surface area contributed by atoms with E-state index in [2.05, 4.69) is 96.5 Å². The van der Waals surface area contributed by atoms with Crippen LogP contribution in [0.3, 0.4) is 0 Å². The smallest absolute Gasteiger partial charge is 0.171 e. The van der Waals surface area contributed by atoms with Gasteiger partial charge in [-0.2, -0.15) is 0 Å². The fourth-order valence-corrected chi connectivity index (χ4v) is 3.98. The Morgan fingerprint density at radius 1 is 0.600 bits per heavy atom. The summed E-state index contributed by atoms with van der Waals surface area (Å²) in [5.41, 5.74) is 5.18. The van der Waals surface area contributed by atoms with Crippen molar-refractivity contribution in [1.29, 1.82) is 0 Å². The lowest BCUT2D eigenvalue weighted by atomic mass is 10.0. The number of hydrogen-bond donors (Lipinski definition) is 0. The van der Waals surface area contributed by atoms with Crippen molar-refractivity contribution in [1.82, 2.24) is 0 Å². The molecule has 0 aliphatic rings. The molecule has 0 aliphatic carbocycles. The second kappa shape index (κ2) is 14.4. The first kappa shape index (κ1) is 29.0. The number of pyridine rings is 2. The second-order valence-corrected chi connectivity index (χ2v) is 8.49. The maximum Gasteiger partial charge on any atom is 0.171 e. The predicted octanol–water partition coefficient (Wildman–Crippen LogP) is -1.29. The molecule has 0 saturated heterocycles. The quantitative estimate of drug-likeness (QED) is 0.161. The van der Waals surface area contributed by atoms with Gasteiger partial charge in [0.1, 0.15) is 19.8 Å². The minimum atomic E-state index is 0. The maximum atomic E-state index is 6.21. The van der Waals surface area contributed by atoms with Gasteiger partial charge < -0.3 is 57.4 Å². The first-order valence-electron chi connectivity index (χ1n) is 11.4. The van der Waals surface area contributed by atoms with Crippen LogP contribution in [0.15, 0.2) is 91.5 Å². The Morgan fingerprint density at radius 3 is 1.66 bits per heavy atom. The monoisotopic (exact) mass is 694 g/mol. The molecule has 0 saturated carbocycles. The van der Waals surface area contributed by atoms with Crippen LogP contribution in [0.1, 0.15) is 22.3 Å². The summed E-state index contributed by atoms with van der Waals surface area (Å²) in [6, 6.07) is 23.1. The summed E-state index contributed by atoms with van der Waals surface area (Å²) in [6.07, 6.45) is 12.4. The highest BCUT2D eigenvalue weighted by Gasteiger charge is 2.09. The van der Waals surface area contributed by atoms with E-state index in [0.29, 0.717) is 0 Å². The molecule has 184 valence electrons. The van der Waals surface area contributed by atoms with Gasteiger partial charge in [-0.3, -0.25) is 0 Å². The van der Waals surface area contributed by atoms with Gasteiger partial charge in [-0.25, -0.2) is 9.13 Å². The van der Waals surface area contributed by atoms with Crippen molar-refractivity contribution in [2.24, 2.45) is 14.1 Å². The van der Waals surface area contributed by atoms with Crippen LogP contribution in [-0.4, -0.2) is 7.11 Å². The zero-order valence-electron chi connectivity index (χ0n) is 20.5. The first-order valence-corrected chi connectivity index (χ1v) is 11.4. The van der Waals surface area contributed by atoms with Gasteiger partial charge in [0, 0.05) is 23.3 Å². The van der Waals surface area contributed by atoms with Crippen molar-refractivity contribution < 1.29 is 66.6 Å². The minimum absolute atomic E-state index is 0. The Kier molecular flexibility index (Phi) is 11.9. The standard InChI is InChI=1S/C29H32N2O2.2HI/c1-30-18-4-6-25(21-30)10-8-23-12-15-27(16-13-23)33-29-20-24(14-17-28(29)32-3)9-11-26-7-5-19-31(2)22-26;;/h4-7,12-22H,8-11H2,1-3H3;2*1H/q+2;;/p-2. The largest absolute Gasteiger partial charge is 1.00 e. The van der Waals surface area contributed by atoms with E-state index in [1.54, 1.807) is 7.11 Å².